The number of halogens is 6. The van der Waals surface area contributed by atoms with Crippen LogP contribution in [0.2, 0.25) is 0 Å². The van der Waals surface area contributed by atoms with Gasteiger partial charge in [-0.2, -0.15) is 26.3 Å². The smallest absolute Gasteiger partial charge is 0.416 e. The fourth-order valence-electron chi connectivity index (χ4n) is 4.13. The summed E-state index contributed by atoms with van der Waals surface area (Å²) < 4.78 is 77.8. The molecule has 0 saturated carbocycles. The normalized spacial score (nSPS) is 12.5. The van der Waals surface area contributed by atoms with Crippen LogP contribution in [0.4, 0.5) is 26.3 Å². The zero-order valence-electron chi connectivity index (χ0n) is 20.9. The molecule has 0 aliphatic heterocycles. The van der Waals surface area contributed by atoms with Crippen molar-refractivity contribution in [2.45, 2.75) is 24.8 Å². The van der Waals surface area contributed by atoms with Crippen LogP contribution < -0.4 is 5.32 Å². The first kappa shape index (κ1) is 29.2. The molecule has 3 N–H and O–H groups in total. The zero-order valence-corrected chi connectivity index (χ0v) is 20.9. The molecule has 0 unspecified atom stereocenters. The number of carboxylic acid groups (broad SMARTS) is 1. The van der Waals surface area contributed by atoms with E-state index < -0.39 is 47.1 Å². The first-order valence-electron chi connectivity index (χ1n) is 12.0. The second kappa shape index (κ2) is 11.4. The van der Waals surface area contributed by atoms with Gasteiger partial charge >= 0.3 is 18.3 Å². The molecular formula is C30H21F6NO4. The van der Waals surface area contributed by atoms with Crippen LogP contribution in [0.3, 0.4) is 0 Å². The van der Waals surface area contributed by atoms with Gasteiger partial charge in [-0.3, -0.25) is 4.79 Å². The molecule has 5 nitrogen and oxygen atoms in total. The number of nitrogens with one attached hydrogen (secondary N) is 1. The maximum absolute atomic E-state index is 13.1. The SMILES string of the molecule is O=C(N[C@@H](Cc1ccc(-c2ccc(C(F)(F)F)cc2)cc1)C(=O)O)c1cc(-c2cccc(C(F)(F)F)c2)ccc1O. The summed E-state index contributed by atoms with van der Waals surface area (Å²) in [5, 5.41) is 22.2. The number of aliphatic carboxylic acids is 1. The van der Waals surface area contributed by atoms with Crippen molar-refractivity contribution in [2.75, 3.05) is 0 Å². The van der Waals surface area contributed by atoms with Gasteiger partial charge in [0, 0.05) is 6.42 Å². The number of carboxylic acids is 1. The molecule has 0 aliphatic rings. The van der Waals surface area contributed by atoms with Gasteiger partial charge in [-0.1, -0.05) is 54.6 Å². The van der Waals surface area contributed by atoms with E-state index in [1.54, 1.807) is 24.3 Å². The number of phenols is 1. The van der Waals surface area contributed by atoms with Gasteiger partial charge in [-0.25, -0.2) is 4.79 Å². The van der Waals surface area contributed by atoms with Gasteiger partial charge in [0.2, 0.25) is 0 Å². The van der Waals surface area contributed by atoms with Crippen LogP contribution in [-0.2, 0) is 23.6 Å². The number of carbonyl (C=O) groups excluding carboxylic acids is 1. The van der Waals surface area contributed by atoms with Crippen LogP contribution >= 0.6 is 0 Å². The summed E-state index contributed by atoms with van der Waals surface area (Å²) in [6.45, 7) is 0. The molecule has 11 heteroatoms. The molecule has 212 valence electrons. The van der Waals surface area contributed by atoms with Gasteiger partial charge in [0.05, 0.1) is 16.7 Å². The molecule has 0 aliphatic carbocycles. The summed E-state index contributed by atoms with van der Waals surface area (Å²) in [5.41, 5.74) is -0.0761. The van der Waals surface area contributed by atoms with E-state index in [9.17, 15) is 46.1 Å². The molecule has 0 radical (unpaired) electrons. The molecule has 4 rings (SSSR count). The van der Waals surface area contributed by atoms with E-state index in [2.05, 4.69) is 5.32 Å². The van der Waals surface area contributed by atoms with Crippen LogP contribution in [0.5, 0.6) is 5.75 Å². The molecule has 0 aromatic heterocycles. The molecule has 0 fully saturated rings. The number of benzene rings is 4. The van der Waals surface area contributed by atoms with Crippen molar-refractivity contribution in [3.63, 3.8) is 0 Å². The summed E-state index contributed by atoms with van der Waals surface area (Å²) in [6.07, 6.45) is -9.21. The number of alkyl halides is 6. The van der Waals surface area contributed by atoms with E-state index in [-0.39, 0.29) is 23.1 Å². The molecule has 41 heavy (non-hydrogen) atoms. The summed E-state index contributed by atoms with van der Waals surface area (Å²) in [5.74, 6) is -2.83. The highest BCUT2D eigenvalue weighted by Crippen LogP contribution is 2.34. The van der Waals surface area contributed by atoms with Gasteiger partial charge in [0.1, 0.15) is 11.8 Å². The summed E-state index contributed by atoms with van der Waals surface area (Å²) in [7, 11) is 0. The lowest BCUT2D eigenvalue weighted by Gasteiger charge is -2.16. The Balaban J connectivity index is 1.50. The van der Waals surface area contributed by atoms with Crippen molar-refractivity contribution in [1.29, 1.82) is 0 Å². The van der Waals surface area contributed by atoms with Crippen molar-refractivity contribution in [1.82, 2.24) is 5.32 Å². The molecule has 1 atom stereocenters. The fraction of sp³-hybridized carbons (Fsp3) is 0.133. The van der Waals surface area contributed by atoms with Crippen molar-refractivity contribution in [3.8, 4) is 28.0 Å². The molecule has 4 aromatic carbocycles. The quantitative estimate of drug-likeness (QED) is 0.204. The van der Waals surface area contributed by atoms with E-state index in [1.165, 1.54) is 30.3 Å². The first-order valence-corrected chi connectivity index (χ1v) is 12.0. The number of amides is 1. The Bertz CT molecular complexity index is 1560. The Morgan fingerprint density at radius 3 is 1.78 bits per heavy atom. The Hall–Kier alpha value is -4.80. The highest BCUT2D eigenvalue weighted by Gasteiger charge is 2.31. The van der Waals surface area contributed by atoms with Gasteiger partial charge in [0.25, 0.3) is 5.91 Å². The van der Waals surface area contributed by atoms with Crippen molar-refractivity contribution in [3.05, 3.63) is 113 Å². The number of rotatable bonds is 7. The van der Waals surface area contributed by atoms with Gasteiger partial charge in [-0.15, -0.1) is 0 Å². The predicted octanol–water partition coefficient (Wildman–Crippen LogP) is 7.19. The Morgan fingerprint density at radius 2 is 1.22 bits per heavy atom. The minimum atomic E-state index is -4.59. The Kier molecular flexibility index (Phi) is 8.09. The van der Waals surface area contributed by atoms with Gasteiger partial charge in [-0.05, 0) is 64.2 Å². The predicted molar refractivity (Wildman–Crippen MR) is 138 cm³/mol. The Labute approximate surface area is 229 Å². The third-order valence-corrected chi connectivity index (χ3v) is 6.31. The van der Waals surface area contributed by atoms with Gasteiger partial charge < -0.3 is 15.5 Å². The number of hydrogen-bond acceptors (Lipinski definition) is 3. The van der Waals surface area contributed by atoms with E-state index in [1.807, 2.05) is 0 Å². The standard InChI is InChI=1S/C30H21F6NO4/c31-29(32,33)22-11-8-19(9-12-22)18-6-4-17(5-7-18)14-25(28(40)41)37-27(39)24-16-21(10-13-26(24)38)20-2-1-3-23(15-20)30(34,35)36/h1-13,15-16,25,38H,14H2,(H,37,39)(H,40,41)/t25-/m0/s1. The molecule has 0 saturated heterocycles. The van der Waals surface area contributed by atoms with Crippen molar-refractivity contribution in [2.24, 2.45) is 0 Å². The molecule has 0 heterocycles. The van der Waals surface area contributed by atoms with Crippen LogP contribution in [-0.4, -0.2) is 28.1 Å². The summed E-state index contributed by atoms with van der Waals surface area (Å²) in [4.78, 5) is 24.8. The van der Waals surface area contributed by atoms with Crippen molar-refractivity contribution < 1.29 is 46.1 Å². The molecule has 1 amide bonds. The zero-order chi connectivity index (χ0) is 29.9. The lowest BCUT2D eigenvalue weighted by molar-refractivity contribution is -0.139. The minimum Gasteiger partial charge on any atom is -0.507 e. The minimum absolute atomic E-state index is 0.136. The maximum Gasteiger partial charge on any atom is 0.416 e. The third kappa shape index (κ3) is 7.05. The number of carbonyl (C=O) groups is 2. The van der Waals surface area contributed by atoms with E-state index >= 15 is 0 Å². The van der Waals surface area contributed by atoms with Crippen molar-refractivity contribution >= 4 is 11.9 Å². The fourth-order valence-corrected chi connectivity index (χ4v) is 4.13. The second-order valence-electron chi connectivity index (χ2n) is 9.15. The number of phenolic OH excluding ortho intramolecular Hbond substituents is 1. The molecular weight excluding hydrogens is 552 g/mol. The second-order valence-corrected chi connectivity index (χ2v) is 9.15. The third-order valence-electron chi connectivity index (χ3n) is 6.31. The molecule has 4 aromatic rings. The number of aromatic hydroxyl groups is 1. The van der Waals surface area contributed by atoms with Crippen LogP contribution in [0, 0.1) is 0 Å². The van der Waals surface area contributed by atoms with E-state index in [4.69, 9.17) is 0 Å². The average Bonchev–Trinajstić information content (AvgIpc) is 2.92. The van der Waals surface area contributed by atoms with Gasteiger partial charge in [0.15, 0.2) is 0 Å². The summed E-state index contributed by atoms with van der Waals surface area (Å²) >= 11 is 0. The maximum atomic E-state index is 13.1. The number of hydrogen-bond donors (Lipinski definition) is 3. The largest absolute Gasteiger partial charge is 0.507 e. The molecule has 0 spiro atoms. The highest BCUT2D eigenvalue weighted by molar-refractivity contribution is 6.00. The highest BCUT2D eigenvalue weighted by atomic mass is 19.4. The van der Waals surface area contributed by atoms with Crippen LogP contribution in [0.25, 0.3) is 22.3 Å². The lowest BCUT2D eigenvalue weighted by Crippen LogP contribution is -2.42. The average molecular weight is 573 g/mol. The van der Waals surface area contributed by atoms with Crippen LogP contribution in [0.15, 0.2) is 91.0 Å². The van der Waals surface area contributed by atoms with E-state index in [0.717, 1.165) is 36.4 Å². The lowest BCUT2D eigenvalue weighted by atomic mass is 9.98. The van der Waals surface area contributed by atoms with E-state index in [0.29, 0.717) is 16.7 Å². The first-order chi connectivity index (χ1) is 19.2. The summed E-state index contributed by atoms with van der Waals surface area (Å²) in [6, 6.07) is 17.5. The topological polar surface area (TPSA) is 86.6 Å². The molecule has 0 bridgehead atoms. The van der Waals surface area contributed by atoms with Crippen LogP contribution in [0.1, 0.15) is 27.0 Å². The monoisotopic (exact) mass is 573 g/mol. The Morgan fingerprint density at radius 1 is 0.683 bits per heavy atom.